The predicted octanol–water partition coefficient (Wildman–Crippen LogP) is 2.27. The van der Waals surface area contributed by atoms with Crippen LogP contribution in [0.5, 0.6) is 0 Å². The standard InChI is InChI=1S/C16H33N3O/c1-5-6-7-8-14(17)15(20)18-13-9-11-19(12-10-13)16(2,3)4/h13-14H,5-12,17H2,1-4H3,(H,18,20)/t14-/m0/s1. The molecule has 20 heavy (non-hydrogen) atoms. The van der Waals surface area contributed by atoms with Crippen molar-refractivity contribution in [2.45, 2.75) is 83.8 Å². The second-order valence-corrected chi connectivity index (χ2v) is 7.04. The Kier molecular flexibility index (Phi) is 6.96. The van der Waals surface area contributed by atoms with Crippen molar-refractivity contribution < 1.29 is 4.79 Å². The van der Waals surface area contributed by atoms with Crippen molar-refractivity contribution in [3.05, 3.63) is 0 Å². The predicted molar refractivity (Wildman–Crippen MR) is 84.6 cm³/mol. The minimum absolute atomic E-state index is 0.0373. The van der Waals surface area contributed by atoms with Crippen LogP contribution in [0.3, 0.4) is 0 Å². The Morgan fingerprint density at radius 1 is 1.30 bits per heavy atom. The highest BCUT2D eigenvalue weighted by Crippen LogP contribution is 2.20. The topological polar surface area (TPSA) is 58.4 Å². The summed E-state index contributed by atoms with van der Waals surface area (Å²) in [5, 5.41) is 3.13. The molecule has 0 radical (unpaired) electrons. The fraction of sp³-hybridized carbons (Fsp3) is 0.938. The lowest BCUT2D eigenvalue weighted by Gasteiger charge is -2.41. The zero-order valence-electron chi connectivity index (χ0n) is 13.7. The molecule has 4 heteroatoms. The van der Waals surface area contributed by atoms with E-state index in [2.05, 4.69) is 37.9 Å². The molecule has 0 aromatic rings. The highest BCUT2D eigenvalue weighted by Gasteiger charge is 2.28. The summed E-state index contributed by atoms with van der Waals surface area (Å²) in [6, 6.07) is -0.0273. The lowest BCUT2D eigenvalue weighted by Crippen LogP contribution is -2.53. The number of carbonyl (C=O) groups is 1. The van der Waals surface area contributed by atoms with Gasteiger partial charge in [0.2, 0.25) is 5.91 Å². The molecule has 0 aromatic carbocycles. The summed E-state index contributed by atoms with van der Waals surface area (Å²) >= 11 is 0. The summed E-state index contributed by atoms with van der Waals surface area (Å²) in [7, 11) is 0. The first-order valence-electron chi connectivity index (χ1n) is 8.15. The Balaban J connectivity index is 2.27. The van der Waals surface area contributed by atoms with E-state index in [1.807, 2.05) is 0 Å². The Labute approximate surface area is 124 Å². The number of nitrogens with zero attached hydrogens (tertiary/aromatic N) is 1. The van der Waals surface area contributed by atoms with Crippen LogP contribution in [0.1, 0.15) is 66.2 Å². The van der Waals surface area contributed by atoms with E-state index in [1.54, 1.807) is 0 Å². The minimum Gasteiger partial charge on any atom is -0.352 e. The van der Waals surface area contributed by atoms with Crippen LogP contribution in [0, 0.1) is 0 Å². The van der Waals surface area contributed by atoms with Gasteiger partial charge in [-0.1, -0.05) is 26.2 Å². The molecule has 118 valence electrons. The molecule has 0 bridgehead atoms. The van der Waals surface area contributed by atoms with Crippen LogP contribution in [0.25, 0.3) is 0 Å². The molecular weight excluding hydrogens is 250 g/mol. The molecule has 0 aliphatic carbocycles. The van der Waals surface area contributed by atoms with Gasteiger partial charge in [-0.05, 0) is 40.0 Å². The van der Waals surface area contributed by atoms with Gasteiger partial charge in [-0.25, -0.2) is 0 Å². The van der Waals surface area contributed by atoms with Crippen LogP contribution >= 0.6 is 0 Å². The molecule has 3 N–H and O–H groups in total. The highest BCUT2D eigenvalue weighted by molar-refractivity contribution is 5.81. The number of unbranched alkanes of at least 4 members (excludes halogenated alkanes) is 2. The van der Waals surface area contributed by atoms with Crippen LogP contribution in [0.4, 0.5) is 0 Å². The van der Waals surface area contributed by atoms with E-state index in [1.165, 1.54) is 6.42 Å². The molecule has 1 rings (SSSR count). The summed E-state index contributed by atoms with van der Waals surface area (Å²) in [5.41, 5.74) is 6.18. The Morgan fingerprint density at radius 3 is 2.40 bits per heavy atom. The van der Waals surface area contributed by atoms with Gasteiger partial charge < -0.3 is 11.1 Å². The van der Waals surface area contributed by atoms with Crippen LogP contribution in [-0.2, 0) is 4.79 Å². The van der Waals surface area contributed by atoms with E-state index < -0.39 is 0 Å². The molecule has 0 saturated carbocycles. The van der Waals surface area contributed by atoms with Gasteiger partial charge in [0.25, 0.3) is 0 Å². The van der Waals surface area contributed by atoms with Crippen molar-refractivity contribution >= 4 is 5.91 Å². The number of piperidine rings is 1. The van der Waals surface area contributed by atoms with Crippen molar-refractivity contribution in [3.63, 3.8) is 0 Å². The minimum atomic E-state index is -0.331. The Morgan fingerprint density at radius 2 is 1.90 bits per heavy atom. The fourth-order valence-corrected chi connectivity index (χ4v) is 2.75. The third-order valence-electron chi connectivity index (χ3n) is 4.25. The zero-order chi connectivity index (χ0) is 15.2. The fourth-order valence-electron chi connectivity index (χ4n) is 2.75. The van der Waals surface area contributed by atoms with Crippen LogP contribution < -0.4 is 11.1 Å². The lowest BCUT2D eigenvalue weighted by molar-refractivity contribution is -0.123. The quantitative estimate of drug-likeness (QED) is 0.735. The summed E-state index contributed by atoms with van der Waals surface area (Å²) in [4.78, 5) is 14.5. The number of hydrogen-bond acceptors (Lipinski definition) is 3. The average molecular weight is 283 g/mol. The SMILES string of the molecule is CCCCC[C@H](N)C(=O)NC1CCN(C(C)(C)C)CC1. The largest absolute Gasteiger partial charge is 0.352 e. The van der Waals surface area contributed by atoms with E-state index >= 15 is 0 Å². The van der Waals surface area contributed by atoms with E-state index in [0.29, 0.717) is 6.04 Å². The molecule has 1 saturated heterocycles. The lowest BCUT2D eigenvalue weighted by atomic mass is 9.97. The van der Waals surface area contributed by atoms with E-state index in [9.17, 15) is 4.79 Å². The maximum Gasteiger partial charge on any atom is 0.237 e. The maximum absolute atomic E-state index is 12.0. The summed E-state index contributed by atoms with van der Waals surface area (Å²) in [5.74, 6) is 0.0373. The monoisotopic (exact) mass is 283 g/mol. The van der Waals surface area contributed by atoms with Gasteiger partial charge in [0.05, 0.1) is 6.04 Å². The van der Waals surface area contributed by atoms with E-state index in [-0.39, 0.29) is 17.5 Å². The van der Waals surface area contributed by atoms with Gasteiger partial charge in [-0.15, -0.1) is 0 Å². The second-order valence-electron chi connectivity index (χ2n) is 7.04. The molecule has 4 nitrogen and oxygen atoms in total. The number of hydrogen-bond donors (Lipinski definition) is 2. The molecule has 1 aliphatic rings. The zero-order valence-corrected chi connectivity index (χ0v) is 13.7. The summed E-state index contributed by atoms with van der Waals surface area (Å²) in [6.07, 6.45) is 6.24. The third kappa shape index (κ3) is 5.80. The first-order valence-corrected chi connectivity index (χ1v) is 8.15. The molecular formula is C16H33N3O. The smallest absolute Gasteiger partial charge is 0.237 e. The third-order valence-corrected chi connectivity index (χ3v) is 4.25. The Bertz CT molecular complexity index is 291. The van der Waals surface area contributed by atoms with Gasteiger partial charge in [0.1, 0.15) is 0 Å². The molecule has 1 aliphatic heterocycles. The number of rotatable bonds is 6. The van der Waals surface area contributed by atoms with Gasteiger partial charge in [0.15, 0.2) is 0 Å². The number of carbonyl (C=O) groups excluding carboxylic acids is 1. The number of likely N-dealkylation sites (tertiary alicyclic amines) is 1. The molecule has 0 spiro atoms. The van der Waals surface area contributed by atoms with Crippen molar-refractivity contribution in [1.29, 1.82) is 0 Å². The van der Waals surface area contributed by atoms with Gasteiger partial charge in [0, 0.05) is 24.7 Å². The van der Waals surface area contributed by atoms with Crippen LogP contribution in [-0.4, -0.2) is 41.5 Å². The van der Waals surface area contributed by atoms with Crippen LogP contribution in [0.15, 0.2) is 0 Å². The molecule has 0 unspecified atom stereocenters. The summed E-state index contributed by atoms with van der Waals surface area (Å²) in [6.45, 7) is 11.0. The average Bonchev–Trinajstić information content (AvgIpc) is 2.38. The molecule has 1 fully saturated rings. The number of amides is 1. The van der Waals surface area contributed by atoms with Gasteiger partial charge in [-0.3, -0.25) is 9.69 Å². The summed E-state index contributed by atoms with van der Waals surface area (Å²) < 4.78 is 0. The highest BCUT2D eigenvalue weighted by atomic mass is 16.2. The number of nitrogens with one attached hydrogen (secondary N) is 1. The van der Waals surface area contributed by atoms with Crippen molar-refractivity contribution in [3.8, 4) is 0 Å². The van der Waals surface area contributed by atoms with Gasteiger partial charge in [-0.2, -0.15) is 0 Å². The first kappa shape index (κ1) is 17.4. The second kappa shape index (κ2) is 7.99. The molecule has 1 amide bonds. The van der Waals surface area contributed by atoms with Gasteiger partial charge >= 0.3 is 0 Å². The van der Waals surface area contributed by atoms with Crippen LogP contribution in [0.2, 0.25) is 0 Å². The molecule has 1 atom stereocenters. The maximum atomic E-state index is 12.0. The van der Waals surface area contributed by atoms with Crippen molar-refractivity contribution in [1.82, 2.24) is 10.2 Å². The molecule has 0 aromatic heterocycles. The normalized spacial score (nSPS) is 19.9. The van der Waals surface area contributed by atoms with E-state index in [4.69, 9.17) is 5.73 Å². The van der Waals surface area contributed by atoms with Crippen molar-refractivity contribution in [2.24, 2.45) is 5.73 Å². The number of nitrogens with two attached hydrogens (primary N) is 1. The van der Waals surface area contributed by atoms with Crippen molar-refractivity contribution in [2.75, 3.05) is 13.1 Å². The first-order chi connectivity index (χ1) is 9.34. The van der Waals surface area contributed by atoms with E-state index in [0.717, 1.165) is 45.2 Å². The Hall–Kier alpha value is -0.610. The molecule has 1 heterocycles.